The van der Waals surface area contributed by atoms with Gasteiger partial charge in [-0.2, -0.15) is 46.7 Å². The standard InChI is InChI=1S/C82H96N18O16S4/c1-9-37-97(38-10-2)73(101)53-21-17-25-57(45-53)85-77-91-78(86-58-26-18-22-54(46-58)74(102)98(39-11-3)40-12-4)94-81(93-77)89-63-31-35-67(71(51-63)119(111,112)113)83-61-29-33-65(69(49-61)117(105,106)107)66-34-30-62(50-70(66)118(108,109)110)84-68-36-32-64(52-72(68)120(114,115)116)90-82-95-79(87-59-27-19-23-55(47-59)75(103)99(41-13-5)42-14-6)92-80(96-82)88-60-28-20-24-56(48-60)76(104)100(43-15-7)44-16-8/h17-36,45-52,83-84H,9-16,37-44H2,1-8H3,(H,105,106,107)(H,108,109,110)(H,111,112,113)(H,114,115,116)(H3,85,86,89,91,93,94)(H3,87,88,90,92,95,96)/p-2. The number of aromatic nitrogens is 6. The Hall–Kier alpha value is -12.3. The Balaban J connectivity index is 0.936. The van der Waals surface area contributed by atoms with Gasteiger partial charge >= 0.3 is 0 Å². The van der Waals surface area contributed by atoms with Crippen LogP contribution in [0.3, 0.4) is 0 Å². The van der Waals surface area contributed by atoms with Crippen molar-refractivity contribution in [3.63, 3.8) is 0 Å². The summed E-state index contributed by atoms with van der Waals surface area (Å²) in [6.07, 6.45) is 5.90. The largest absolute Gasteiger partial charge is 0.744 e. The van der Waals surface area contributed by atoms with Crippen LogP contribution in [0.1, 0.15) is 148 Å². The van der Waals surface area contributed by atoms with E-state index in [4.69, 9.17) is 0 Å². The van der Waals surface area contributed by atoms with E-state index in [1.54, 1.807) is 117 Å². The van der Waals surface area contributed by atoms with Crippen molar-refractivity contribution in [3.8, 4) is 11.1 Å². The third-order valence-electron chi connectivity index (χ3n) is 18.2. The molecule has 34 nitrogen and oxygen atoms in total. The van der Waals surface area contributed by atoms with E-state index in [9.17, 15) is 71.1 Å². The molecule has 2 aromatic heterocycles. The van der Waals surface area contributed by atoms with Gasteiger partial charge in [0, 0.05) is 131 Å². The number of carbonyl (C=O) groups is 4. The van der Waals surface area contributed by atoms with E-state index in [-0.39, 0.29) is 82.1 Å². The molecule has 0 aliphatic rings. The van der Waals surface area contributed by atoms with E-state index >= 15 is 0 Å². The van der Waals surface area contributed by atoms with Crippen molar-refractivity contribution in [2.24, 2.45) is 0 Å². The maximum Gasteiger partial charge on any atom is 0.295 e. The lowest BCUT2D eigenvalue weighted by Crippen LogP contribution is -2.32. The van der Waals surface area contributed by atoms with E-state index in [2.05, 4.69) is 72.4 Å². The van der Waals surface area contributed by atoms with Gasteiger partial charge in [-0.05, 0) is 185 Å². The molecule has 634 valence electrons. The van der Waals surface area contributed by atoms with Crippen LogP contribution >= 0.6 is 0 Å². The molecule has 2 heterocycles. The normalized spacial score (nSPS) is 11.6. The molecule has 0 fully saturated rings. The number of hydrogen-bond donors (Lipinski definition) is 10. The molecule has 0 saturated heterocycles. The molecular weight excluding hydrogens is 1620 g/mol. The lowest BCUT2D eigenvalue weighted by Gasteiger charge is -2.22. The summed E-state index contributed by atoms with van der Waals surface area (Å²) in [5.74, 6) is -1.57. The smallest absolute Gasteiger partial charge is 0.295 e. The number of benzene rings is 8. The van der Waals surface area contributed by atoms with Crippen molar-refractivity contribution in [2.75, 3.05) is 94.9 Å². The van der Waals surface area contributed by atoms with Crippen molar-refractivity contribution in [1.82, 2.24) is 49.5 Å². The van der Waals surface area contributed by atoms with Gasteiger partial charge in [0.25, 0.3) is 43.9 Å². The number of amides is 4. The van der Waals surface area contributed by atoms with Crippen molar-refractivity contribution in [1.29, 1.82) is 0 Å². The van der Waals surface area contributed by atoms with Crippen molar-refractivity contribution >= 4 is 157 Å². The molecule has 0 aliphatic carbocycles. The maximum atomic E-state index is 13.7. The maximum absolute atomic E-state index is 13.7. The summed E-state index contributed by atoms with van der Waals surface area (Å²) in [7, 11) is -21.7. The van der Waals surface area contributed by atoms with E-state index in [0.717, 1.165) is 112 Å². The Labute approximate surface area is 697 Å². The number of nitrogens with one attached hydrogen (secondary N) is 8. The average molecular weight is 1720 g/mol. The summed E-state index contributed by atoms with van der Waals surface area (Å²) in [5.41, 5.74) is 0.373. The summed E-state index contributed by atoms with van der Waals surface area (Å²) in [5, 5.41) is 23.6. The molecule has 0 bridgehead atoms. The van der Waals surface area contributed by atoms with Gasteiger partial charge in [-0.15, -0.1) is 0 Å². The molecule has 0 atom stereocenters. The Morgan fingerprint density at radius 2 is 0.483 bits per heavy atom. The van der Waals surface area contributed by atoms with Gasteiger partial charge in [-0.25, -0.2) is 16.8 Å². The van der Waals surface area contributed by atoms with Crippen LogP contribution in [0.4, 0.5) is 92.6 Å². The predicted octanol–water partition coefficient (Wildman–Crippen LogP) is 15.0. The Morgan fingerprint density at radius 1 is 0.283 bits per heavy atom. The van der Waals surface area contributed by atoms with Crippen molar-refractivity contribution in [3.05, 3.63) is 192 Å². The van der Waals surface area contributed by atoms with Crippen LogP contribution in [0.2, 0.25) is 0 Å². The van der Waals surface area contributed by atoms with Crippen LogP contribution in [0, 0.1) is 0 Å². The molecule has 0 saturated carbocycles. The van der Waals surface area contributed by atoms with Crippen LogP contribution in [0.5, 0.6) is 0 Å². The molecule has 120 heavy (non-hydrogen) atoms. The first-order valence-corrected chi connectivity index (χ1v) is 44.6. The summed E-state index contributed by atoms with van der Waals surface area (Å²) in [6.45, 7) is 20.1. The molecule has 8 aromatic carbocycles. The second kappa shape index (κ2) is 40.4. The number of rotatable bonds is 41. The summed E-state index contributed by atoms with van der Waals surface area (Å²) in [4.78, 5) is 85.3. The summed E-state index contributed by atoms with van der Waals surface area (Å²) in [6, 6.07) is 39.2. The van der Waals surface area contributed by atoms with Gasteiger partial charge in [0.05, 0.1) is 21.2 Å². The quantitative estimate of drug-likeness (QED) is 0.0159. The first-order chi connectivity index (χ1) is 57.2. The topological polar surface area (TPSA) is 478 Å². The SMILES string of the molecule is CCCN(CCC)C(=O)c1cccc(Nc2nc(Nc3cccc(C(=O)N(CCC)CCC)c3)nc(Nc3ccc(Nc4ccc(-c5ccc(Nc6ccc(Nc7nc(Nc8cccc(C(=O)N(CCC)CCC)c8)nc(Nc8cccc(C(=O)N(CCC)CCC)c8)n7)cc6S(=O)(=O)[O-])cc5S(=O)(=O)O)c(S(=O)(=O)O)c4)c(S(=O)(=O)[O-])c3)n2)c1. The Bertz CT molecular complexity index is 5330. The molecule has 0 spiro atoms. The summed E-state index contributed by atoms with van der Waals surface area (Å²) >= 11 is 0. The number of hydrogen-bond acceptors (Lipinski definition) is 28. The van der Waals surface area contributed by atoms with E-state index < -0.39 is 82.6 Å². The fourth-order valence-corrected chi connectivity index (χ4v) is 15.9. The van der Waals surface area contributed by atoms with Gasteiger partial charge in [-0.3, -0.25) is 28.3 Å². The number of nitrogens with zero attached hydrogens (tertiary/aromatic N) is 10. The van der Waals surface area contributed by atoms with E-state index in [1.165, 1.54) is 12.1 Å². The second-order valence-corrected chi connectivity index (χ2v) is 33.3. The first-order valence-electron chi connectivity index (χ1n) is 38.9. The van der Waals surface area contributed by atoms with Crippen LogP contribution in [0.15, 0.2) is 189 Å². The zero-order chi connectivity index (χ0) is 86.6. The highest BCUT2D eigenvalue weighted by Crippen LogP contribution is 2.40. The van der Waals surface area contributed by atoms with Crippen LogP contribution in [-0.2, 0) is 40.5 Å². The van der Waals surface area contributed by atoms with Gasteiger partial charge in [0.2, 0.25) is 35.7 Å². The fourth-order valence-electron chi connectivity index (χ4n) is 13.1. The Kier molecular flexibility index (Phi) is 30.3. The van der Waals surface area contributed by atoms with Crippen molar-refractivity contribution in [2.45, 2.75) is 126 Å². The number of carbonyl (C=O) groups excluding carboxylic acids is 4. The highest BCUT2D eigenvalue weighted by atomic mass is 32.2. The lowest BCUT2D eigenvalue weighted by molar-refractivity contribution is 0.0748. The fraction of sp³-hybridized carbons (Fsp3) is 0.293. The molecule has 0 aliphatic heterocycles. The minimum absolute atomic E-state index is 0.0867. The molecule has 10 aromatic rings. The van der Waals surface area contributed by atoms with Gasteiger partial charge in [0.15, 0.2) is 0 Å². The number of anilines is 16. The molecule has 0 unspecified atom stereocenters. The molecule has 10 rings (SSSR count). The highest BCUT2D eigenvalue weighted by Gasteiger charge is 2.28. The minimum Gasteiger partial charge on any atom is -0.744 e. The van der Waals surface area contributed by atoms with Crippen molar-refractivity contribution < 1.29 is 71.1 Å². The third-order valence-corrected chi connectivity index (χ3v) is 21.8. The van der Waals surface area contributed by atoms with Crippen LogP contribution in [0.25, 0.3) is 11.1 Å². The zero-order valence-corrected chi connectivity index (χ0v) is 70.5. The van der Waals surface area contributed by atoms with Gasteiger partial charge in [0.1, 0.15) is 30.0 Å². The Morgan fingerprint density at radius 3 is 0.692 bits per heavy atom. The lowest BCUT2D eigenvalue weighted by atomic mass is 10.0. The molecule has 0 radical (unpaired) electrons. The molecule has 38 heteroatoms. The predicted molar refractivity (Wildman–Crippen MR) is 458 cm³/mol. The molecule has 10 N–H and O–H groups in total. The molecule has 4 amide bonds. The van der Waals surface area contributed by atoms with Gasteiger partial charge in [-0.1, -0.05) is 91.8 Å². The zero-order valence-electron chi connectivity index (χ0n) is 67.2. The third kappa shape index (κ3) is 24.0. The second-order valence-electron chi connectivity index (χ2n) is 27.8. The first kappa shape index (κ1) is 90.0. The van der Waals surface area contributed by atoms with E-state index in [0.29, 0.717) is 97.4 Å². The summed E-state index contributed by atoms with van der Waals surface area (Å²) < 4.78 is 155. The van der Waals surface area contributed by atoms with Gasteiger partial charge < -0.3 is 71.2 Å². The van der Waals surface area contributed by atoms with E-state index in [1.807, 2.05) is 55.4 Å². The highest BCUT2D eigenvalue weighted by molar-refractivity contribution is 7.86. The average Bonchev–Trinajstić information content (AvgIpc) is 0.752. The van der Waals surface area contributed by atoms with Crippen LogP contribution < -0.4 is 42.5 Å². The monoisotopic (exact) mass is 1710 g/mol. The van der Waals surface area contributed by atoms with Crippen LogP contribution in [-0.4, -0.2) is 177 Å². The molecular formula is C82H94N18O16S4-2. The minimum atomic E-state index is -5.46.